The van der Waals surface area contributed by atoms with Crippen molar-refractivity contribution in [3.05, 3.63) is 47.3 Å². The topological polar surface area (TPSA) is 0 Å². The standard InChI is InChI=1S/C9H8ClF/c1-2-4-7-5-3-6-8(10)9(7)11/h2-3,5-6H,1,4H2. The zero-order valence-electron chi connectivity index (χ0n) is 5.98. The second kappa shape index (κ2) is 3.54. The van der Waals surface area contributed by atoms with E-state index in [-0.39, 0.29) is 10.8 Å². The molecule has 0 N–H and O–H groups in total. The summed E-state index contributed by atoms with van der Waals surface area (Å²) < 4.78 is 13.0. The smallest absolute Gasteiger partial charge is 0.145 e. The van der Waals surface area contributed by atoms with Crippen molar-refractivity contribution < 1.29 is 4.39 Å². The summed E-state index contributed by atoms with van der Waals surface area (Å²) in [4.78, 5) is 0. The summed E-state index contributed by atoms with van der Waals surface area (Å²) in [7, 11) is 0. The molecule has 0 nitrogen and oxygen atoms in total. The lowest BCUT2D eigenvalue weighted by atomic mass is 10.1. The third-order valence-corrected chi connectivity index (χ3v) is 1.69. The number of hydrogen-bond donors (Lipinski definition) is 0. The molecule has 2 heteroatoms. The van der Waals surface area contributed by atoms with Gasteiger partial charge >= 0.3 is 0 Å². The molecule has 0 aliphatic heterocycles. The highest BCUT2D eigenvalue weighted by Crippen LogP contribution is 2.17. The van der Waals surface area contributed by atoms with E-state index < -0.39 is 0 Å². The SMILES string of the molecule is C=CCc1cccc(Cl)c1F. The second-order valence-corrected chi connectivity index (χ2v) is 2.61. The van der Waals surface area contributed by atoms with Crippen LogP contribution in [0.25, 0.3) is 0 Å². The van der Waals surface area contributed by atoms with Crippen molar-refractivity contribution in [2.75, 3.05) is 0 Å². The first-order chi connectivity index (χ1) is 5.25. The molecule has 58 valence electrons. The Labute approximate surface area is 70.3 Å². The van der Waals surface area contributed by atoms with Crippen LogP contribution in [0, 0.1) is 5.82 Å². The van der Waals surface area contributed by atoms with Crippen LogP contribution in [0.3, 0.4) is 0 Å². The molecule has 0 radical (unpaired) electrons. The number of benzene rings is 1. The Hall–Kier alpha value is -0.820. The van der Waals surface area contributed by atoms with Crippen molar-refractivity contribution in [1.82, 2.24) is 0 Å². The van der Waals surface area contributed by atoms with Crippen LogP contribution in [-0.2, 0) is 6.42 Å². The van der Waals surface area contributed by atoms with Crippen LogP contribution in [-0.4, -0.2) is 0 Å². The minimum atomic E-state index is -0.339. The summed E-state index contributed by atoms with van der Waals surface area (Å²) in [5.74, 6) is -0.339. The van der Waals surface area contributed by atoms with E-state index in [1.807, 2.05) is 0 Å². The Morgan fingerprint density at radius 1 is 1.55 bits per heavy atom. The van der Waals surface area contributed by atoms with Gasteiger partial charge in [0.1, 0.15) is 5.82 Å². The minimum absolute atomic E-state index is 0.171. The minimum Gasteiger partial charge on any atom is -0.205 e. The molecule has 11 heavy (non-hydrogen) atoms. The zero-order valence-corrected chi connectivity index (χ0v) is 6.74. The van der Waals surface area contributed by atoms with E-state index >= 15 is 0 Å². The van der Waals surface area contributed by atoms with Gasteiger partial charge in [-0.15, -0.1) is 6.58 Å². The van der Waals surface area contributed by atoms with Crippen LogP contribution >= 0.6 is 11.6 Å². The van der Waals surface area contributed by atoms with E-state index in [9.17, 15) is 4.39 Å². The summed E-state index contributed by atoms with van der Waals surface area (Å²) in [6.45, 7) is 3.52. The zero-order chi connectivity index (χ0) is 8.27. The maximum absolute atomic E-state index is 13.0. The van der Waals surface area contributed by atoms with Crippen molar-refractivity contribution in [1.29, 1.82) is 0 Å². The lowest BCUT2D eigenvalue weighted by molar-refractivity contribution is 0.615. The van der Waals surface area contributed by atoms with Gasteiger partial charge < -0.3 is 0 Å². The largest absolute Gasteiger partial charge is 0.205 e. The van der Waals surface area contributed by atoms with Gasteiger partial charge in [0.15, 0.2) is 0 Å². The van der Waals surface area contributed by atoms with E-state index in [4.69, 9.17) is 11.6 Å². The Balaban J connectivity index is 3.05. The van der Waals surface area contributed by atoms with E-state index in [2.05, 4.69) is 6.58 Å². The molecule has 0 saturated carbocycles. The first kappa shape index (κ1) is 8.28. The van der Waals surface area contributed by atoms with Gasteiger partial charge in [0, 0.05) is 0 Å². The predicted molar refractivity (Wildman–Crippen MR) is 45.3 cm³/mol. The van der Waals surface area contributed by atoms with E-state index in [0.717, 1.165) is 0 Å². The average Bonchev–Trinajstić information content (AvgIpc) is 1.99. The molecule has 0 aliphatic rings. The second-order valence-electron chi connectivity index (χ2n) is 2.21. The van der Waals surface area contributed by atoms with E-state index in [1.54, 1.807) is 18.2 Å². The van der Waals surface area contributed by atoms with Crippen LogP contribution in [0.2, 0.25) is 5.02 Å². The monoisotopic (exact) mass is 170 g/mol. The lowest BCUT2D eigenvalue weighted by Crippen LogP contribution is -1.87. The number of allylic oxidation sites excluding steroid dienone is 1. The summed E-state index contributed by atoms with van der Waals surface area (Å²) in [6.07, 6.45) is 2.17. The van der Waals surface area contributed by atoms with Gasteiger partial charge in [-0.3, -0.25) is 0 Å². The molecule has 0 fully saturated rings. The lowest BCUT2D eigenvalue weighted by Gasteiger charge is -1.99. The molecule has 0 aromatic heterocycles. The van der Waals surface area contributed by atoms with Gasteiger partial charge in [0.25, 0.3) is 0 Å². The highest BCUT2D eigenvalue weighted by Gasteiger charge is 2.02. The predicted octanol–water partition coefficient (Wildman–Crippen LogP) is 3.21. The molecule has 0 aliphatic carbocycles. The highest BCUT2D eigenvalue weighted by molar-refractivity contribution is 6.30. The van der Waals surface area contributed by atoms with Gasteiger partial charge in [-0.2, -0.15) is 0 Å². The number of hydrogen-bond acceptors (Lipinski definition) is 0. The van der Waals surface area contributed by atoms with Crippen LogP contribution in [0.5, 0.6) is 0 Å². The first-order valence-electron chi connectivity index (χ1n) is 3.29. The summed E-state index contributed by atoms with van der Waals surface area (Å²) in [5.41, 5.74) is 0.590. The molecule has 0 heterocycles. The fraction of sp³-hybridized carbons (Fsp3) is 0.111. The average molecular weight is 171 g/mol. The van der Waals surface area contributed by atoms with Gasteiger partial charge in [0.05, 0.1) is 5.02 Å². The Morgan fingerprint density at radius 2 is 2.27 bits per heavy atom. The van der Waals surface area contributed by atoms with Crippen molar-refractivity contribution in [3.63, 3.8) is 0 Å². The van der Waals surface area contributed by atoms with E-state index in [0.29, 0.717) is 12.0 Å². The Kier molecular flexibility index (Phi) is 2.66. The summed E-state index contributed by atoms with van der Waals surface area (Å²) in [5, 5.41) is 0.171. The van der Waals surface area contributed by atoms with Crippen molar-refractivity contribution >= 4 is 11.6 Å². The van der Waals surface area contributed by atoms with Crippen LogP contribution in [0.15, 0.2) is 30.9 Å². The van der Waals surface area contributed by atoms with Crippen molar-refractivity contribution in [2.45, 2.75) is 6.42 Å². The molecule has 0 saturated heterocycles. The maximum atomic E-state index is 13.0. The molecule has 1 aromatic rings. The molecule has 0 amide bonds. The molecular weight excluding hydrogens is 163 g/mol. The third-order valence-electron chi connectivity index (χ3n) is 1.40. The van der Waals surface area contributed by atoms with Crippen LogP contribution < -0.4 is 0 Å². The Morgan fingerprint density at radius 3 is 2.91 bits per heavy atom. The van der Waals surface area contributed by atoms with Crippen LogP contribution in [0.1, 0.15) is 5.56 Å². The molecule has 1 aromatic carbocycles. The first-order valence-corrected chi connectivity index (χ1v) is 3.67. The number of rotatable bonds is 2. The van der Waals surface area contributed by atoms with Gasteiger partial charge in [0.2, 0.25) is 0 Å². The molecule has 0 spiro atoms. The van der Waals surface area contributed by atoms with Crippen LogP contribution in [0.4, 0.5) is 4.39 Å². The fourth-order valence-electron chi connectivity index (χ4n) is 0.862. The molecule has 0 atom stereocenters. The molecule has 0 unspecified atom stereocenters. The fourth-order valence-corrected chi connectivity index (χ4v) is 1.06. The van der Waals surface area contributed by atoms with Gasteiger partial charge in [-0.05, 0) is 18.1 Å². The number of halogens is 2. The molecular formula is C9H8ClF. The molecule has 1 rings (SSSR count). The maximum Gasteiger partial charge on any atom is 0.145 e. The van der Waals surface area contributed by atoms with E-state index in [1.165, 1.54) is 6.07 Å². The third kappa shape index (κ3) is 1.81. The summed E-state index contributed by atoms with van der Waals surface area (Å²) >= 11 is 5.54. The van der Waals surface area contributed by atoms with Crippen molar-refractivity contribution in [2.24, 2.45) is 0 Å². The molecule has 0 bridgehead atoms. The Bertz CT molecular complexity index is 268. The normalized spacial score (nSPS) is 9.64. The van der Waals surface area contributed by atoms with Gasteiger partial charge in [-0.1, -0.05) is 29.8 Å². The quantitative estimate of drug-likeness (QED) is 0.598. The highest BCUT2D eigenvalue weighted by atomic mass is 35.5. The van der Waals surface area contributed by atoms with Gasteiger partial charge in [-0.25, -0.2) is 4.39 Å². The van der Waals surface area contributed by atoms with Crippen molar-refractivity contribution in [3.8, 4) is 0 Å². The summed E-state index contributed by atoms with van der Waals surface area (Å²) in [6, 6.07) is 4.95.